The lowest BCUT2D eigenvalue weighted by atomic mass is 10.1. The molecule has 4 heteroatoms. The number of carbonyl (C=O) groups excluding carboxylic acids is 2. The Hall–Kier alpha value is -1.32. The monoisotopic (exact) mass is 282 g/mol. The Morgan fingerprint density at radius 3 is 2.70 bits per heavy atom. The normalized spacial score (nSPS) is 28.0. The highest BCUT2D eigenvalue weighted by Gasteiger charge is 2.16. The fourth-order valence-corrected chi connectivity index (χ4v) is 2.32. The number of esters is 2. The molecular weight excluding hydrogens is 256 g/mol. The quantitative estimate of drug-likeness (QED) is 0.545. The summed E-state index contributed by atoms with van der Waals surface area (Å²) in [7, 11) is 0. The maximum absolute atomic E-state index is 11.7. The van der Waals surface area contributed by atoms with Crippen molar-refractivity contribution in [3.8, 4) is 0 Å². The maximum Gasteiger partial charge on any atom is 0.306 e. The summed E-state index contributed by atoms with van der Waals surface area (Å²) in [6, 6.07) is 0. The van der Waals surface area contributed by atoms with Crippen molar-refractivity contribution in [1.82, 2.24) is 0 Å². The second-order valence-electron chi connectivity index (χ2n) is 5.40. The molecule has 4 nitrogen and oxygen atoms in total. The third-order valence-electron chi connectivity index (χ3n) is 3.39. The Bertz CT molecular complexity index is 335. The Morgan fingerprint density at radius 1 is 1.20 bits per heavy atom. The molecule has 0 saturated heterocycles. The SMILES string of the molecule is CC(=O)OC1CCCC/C=C\CCC(C)OC(=O)CC1. The van der Waals surface area contributed by atoms with E-state index in [1.54, 1.807) is 0 Å². The van der Waals surface area contributed by atoms with Crippen LogP contribution in [-0.2, 0) is 19.1 Å². The van der Waals surface area contributed by atoms with Gasteiger partial charge in [0, 0.05) is 13.3 Å². The molecule has 0 bridgehead atoms. The van der Waals surface area contributed by atoms with Crippen molar-refractivity contribution in [2.75, 3.05) is 0 Å². The van der Waals surface area contributed by atoms with Crippen LogP contribution in [0.3, 0.4) is 0 Å². The molecule has 0 aliphatic carbocycles. The third-order valence-corrected chi connectivity index (χ3v) is 3.39. The van der Waals surface area contributed by atoms with Crippen molar-refractivity contribution in [3.63, 3.8) is 0 Å². The highest BCUT2D eigenvalue weighted by molar-refractivity contribution is 5.69. The van der Waals surface area contributed by atoms with Gasteiger partial charge in [-0.3, -0.25) is 9.59 Å². The van der Waals surface area contributed by atoms with Crippen LogP contribution in [0.1, 0.15) is 65.2 Å². The number of ether oxygens (including phenoxy) is 2. The molecule has 2 unspecified atom stereocenters. The van der Waals surface area contributed by atoms with Gasteiger partial charge in [-0.2, -0.15) is 0 Å². The van der Waals surface area contributed by atoms with Crippen molar-refractivity contribution < 1.29 is 19.1 Å². The minimum atomic E-state index is -0.280. The van der Waals surface area contributed by atoms with E-state index in [4.69, 9.17) is 9.47 Å². The molecule has 1 aliphatic heterocycles. The van der Waals surface area contributed by atoms with E-state index in [0.717, 1.165) is 38.5 Å². The Balaban J connectivity index is 2.53. The molecule has 1 heterocycles. The van der Waals surface area contributed by atoms with Gasteiger partial charge in [0.2, 0.25) is 0 Å². The van der Waals surface area contributed by atoms with Gasteiger partial charge in [-0.15, -0.1) is 0 Å². The van der Waals surface area contributed by atoms with Crippen molar-refractivity contribution >= 4 is 11.9 Å². The van der Waals surface area contributed by atoms with Crippen LogP contribution in [0.25, 0.3) is 0 Å². The van der Waals surface area contributed by atoms with E-state index < -0.39 is 0 Å². The topological polar surface area (TPSA) is 52.6 Å². The largest absolute Gasteiger partial charge is 0.463 e. The zero-order valence-corrected chi connectivity index (χ0v) is 12.6. The van der Waals surface area contributed by atoms with Gasteiger partial charge >= 0.3 is 11.9 Å². The molecule has 0 aromatic heterocycles. The molecule has 1 rings (SSSR count). The van der Waals surface area contributed by atoms with Crippen LogP contribution in [0.5, 0.6) is 0 Å². The van der Waals surface area contributed by atoms with Gasteiger partial charge in [-0.05, 0) is 51.9 Å². The van der Waals surface area contributed by atoms with Crippen LogP contribution < -0.4 is 0 Å². The molecule has 0 amide bonds. The van der Waals surface area contributed by atoms with Crippen molar-refractivity contribution in [2.24, 2.45) is 0 Å². The first kappa shape index (κ1) is 16.7. The number of hydrogen-bond acceptors (Lipinski definition) is 4. The van der Waals surface area contributed by atoms with Gasteiger partial charge < -0.3 is 9.47 Å². The smallest absolute Gasteiger partial charge is 0.306 e. The molecule has 0 fully saturated rings. The third kappa shape index (κ3) is 7.97. The van der Waals surface area contributed by atoms with E-state index in [1.165, 1.54) is 6.92 Å². The van der Waals surface area contributed by atoms with E-state index in [-0.39, 0.29) is 24.1 Å². The molecule has 0 N–H and O–H groups in total. The molecule has 1 aliphatic rings. The van der Waals surface area contributed by atoms with Gasteiger partial charge in [-0.25, -0.2) is 0 Å². The van der Waals surface area contributed by atoms with Crippen LogP contribution in [0.4, 0.5) is 0 Å². The predicted octanol–water partition coefficient (Wildman–Crippen LogP) is 3.54. The van der Waals surface area contributed by atoms with Crippen molar-refractivity contribution in [3.05, 3.63) is 12.2 Å². The standard InChI is InChI=1S/C16H26O4/c1-13-9-7-5-3-4-6-8-10-15(20-14(2)17)11-12-16(18)19-13/h3,5,13,15H,4,6-12H2,1-2H3/b5-3-. The number of carbonyl (C=O) groups is 2. The van der Waals surface area contributed by atoms with Gasteiger partial charge in [0.15, 0.2) is 0 Å². The van der Waals surface area contributed by atoms with Gasteiger partial charge in [0.1, 0.15) is 6.10 Å². The molecule has 0 saturated carbocycles. The van der Waals surface area contributed by atoms with Gasteiger partial charge in [0.05, 0.1) is 6.10 Å². The molecule has 0 aromatic rings. The zero-order valence-electron chi connectivity index (χ0n) is 12.6. The number of rotatable bonds is 1. The maximum atomic E-state index is 11.7. The number of cyclic esters (lactones) is 1. The average molecular weight is 282 g/mol. The van der Waals surface area contributed by atoms with E-state index in [2.05, 4.69) is 12.2 Å². The lowest BCUT2D eigenvalue weighted by Gasteiger charge is -2.18. The fraction of sp³-hybridized carbons (Fsp3) is 0.750. The first-order valence-corrected chi connectivity index (χ1v) is 7.59. The van der Waals surface area contributed by atoms with E-state index in [0.29, 0.717) is 12.8 Å². The molecule has 0 radical (unpaired) electrons. The van der Waals surface area contributed by atoms with Crippen LogP contribution in [0.15, 0.2) is 12.2 Å². The van der Waals surface area contributed by atoms with Gasteiger partial charge in [-0.1, -0.05) is 12.2 Å². The molecular formula is C16H26O4. The first-order chi connectivity index (χ1) is 9.58. The summed E-state index contributed by atoms with van der Waals surface area (Å²) in [4.78, 5) is 22.8. The lowest BCUT2D eigenvalue weighted by Crippen LogP contribution is -2.20. The minimum absolute atomic E-state index is 0.0535. The summed E-state index contributed by atoms with van der Waals surface area (Å²) in [5.74, 6) is -0.478. The minimum Gasteiger partial charge on any atom is -0.463 e. The summed E-state index contributed by atoms with van der Waals surface area (Å²) in [5.41, 5.74) is 0. The summed E-state index contributed by atoms with van der Waals surface area (Å²) >= 11 is 0. The van der Waals surface area contributed by atoms with E-state index in [1.807, 2.05) is 6.92 Å². The van der Waals surface area contributed by atoms with Crippen LogP contribution >= 0.6 is 0 Å². The average Bonchev–Trinajstić information content (AvgIpc) is 2.37. The molecule has 20 heavy (non-hydrogen) atoms. The first-order valence-electron chi connectivity index (χ1n) is 7.59. The summed E-state index contributed by atoms with van der Waals surface area (Å²) < 4.78 is 10.6. The van der Waals surface area contributed by atoms with E-state index >= 15 is 0 Å². The molecule has 2 atom stereocenters. The predicted molar refractivity (Wildman–Crippen MR) is 77.2 cm³/mol. The number of hydrogen-bond donors (Lipinski definition) is 0. The second kappa shape index (κ2) is 9.56. The Morgan fingerprint density at radius 2 is 1.95 bits per heavy atom. The molecule has 0 spiro atoms. The highest BCUT2D eigenvalue weighted by atomic mass is 16.5. The Labute approximate surface area is 121 Å². The van der Waals surface area contributed by atoms with Crippen LogP contribution in [0.2, 0.25) is 0 Å². The zero-order chi connectivity index (χ0) is 14.8. The molecule has 114 valence electrons. The summed E-state index contributed by atoms with van der Waals surface area (Å²) in [5, 5.41) is 0. The van der Waals surface area contributed by atoms with Crippen molar-refractivity contribution in [2.45, 2.75) is 77.4 Å². The van der Waals surface area contributed by atoms with Gasteiger partial charge in [0.25, 0.3) is 0 Å². The Kier molecular flexibility index (Phi) is 8.00. The van der Waals surface area contributed by atoms with Crippen molar-refractivity contribution in [1.29, 1.82) is 0 Å². The fourth-order valence-electron chi connectivity index (χ4n) is 2.32. The van der Waals surface area contributed by atoms with Crippen LogP contribution in [0, 0.1) is 0 Å². The van der Waals surface area contributed by atoms with E-state index in [9.17, 15) is 9.59 Å². The molecule has 0 aromatic carbocycles. The lowest BCUT2D eigenvalue weighted by molar-refractivity contribution is -0.153. The second-order valence-corrected chi connectivity index (χ2v) is 5.40. The number of allylic oxidation sites excluding steroid dienone is 2. The van der Waals surface area contributed by atoms with Crippen LogP contribution in [-0.4, -0.2) is 24.1 Å². The summed E-state index contributed by atoms with van der Waals surface area (Å²) in [6.45, 7) is 3.33. The summed E-state index contributed by atoms with van der Waals surface area (Å²) in [6.07, 6.45) is 10.8. The highest BCUT2D eigenvalue weighted by Crippen LogP contribution is 2.15.